The molecule has 0 aromatic heterocycles. The second kappa shape index (κ2) is 13.8. The molecule has 0 fully saturated rings. The van der Waals surface area contributed by atoms with Gasteiger partial charge in [0.25, 0.3) is 0 Å². The molecule has 0 aliphatic heterocycles. The number of hydroxylamine groups is 1. The van der Waals surface area contributed by atoms with Crippen molar-refractivity contribution in [3.63, 3.8) is 0 Å². The lowest BCUT2D eigenvalue weighted by molar-refractivity contribution is -0.588. The van der Waals surface area contributed by atoms with Crippen molar-refractivity contribution < 1.29 is 5.48 Å². The van der Waals surface area contributed by atoms with E-state index < -0.39 is 0 Å². The second-order valence-electron chi connectivity index (χ2n) is 3.66. The summed E-state index contributed by atoms with van der Waals surface area (Å²) in [5.74, 6) is 0. The zero-order valence-corrected chi connectivity index (χ0v) is 9.63. The quantitative estimate of drug-likeness (QED) is 0.243. The van der Waals surface area contributed by atoms with Crippen molar-refractivity contribution in [3.05, 3.63) is 5.21 Å². The Kier molecular flexibility index (Phi) is 13.6. The number of hydrogen-bond donors (Lipinski definition) is 4. The van der Waals surface area contributed by atoms with Gasteiger partial charge in [0, 0.05) is 13.0 Å². The summed E-state index contributed by atoms with van der Waals surface area (Å²) in [4.78, 5) is 0. The van der Waals surface area contributed by atoms with Crippen molar-refractivity contribution in [2.24, 2.45) is 5.73 Å². The molecule has 0 aromatic carbocycles. The molecule has 5 nitrogen and oxygen atoms in total. The first-order valence-electron chi connectivity index (χ1n) is 5.97. The van der Waals surface area contributed by atoms with Crippen LogP contribution in [-0.2, 0) is 0 Å². The van der Waals surface area contributed by atoms with Gasteiger partial charge in [-0.2, -0.15) is 0 Å². The number of unbranched alkanes of at least 4 members (excludes halogenated alkanes) is 1. The fourth-order valence-corrected chi connectivity index (χ4v) is 1.29. The summed E-state index contributed by atoms with van der Waals surface area (Å²) in [5, 5.41) is 16.7. The van der Waals surface area contributed by atoms with Crippen LogP contribution in [0.25, 0.3) is 0 Å². The summed E-state index contributed by atoms with van der Waals surface area (Å²) >= 11 is 0. The van der Waals surface area contributed by atoms with Crippen molar-refractivity contribution in [2.75, 3.05) is 39.3 Å². The summed E-state index contributed by atoms with van der Waals surface area (Å²) in [6.45, 7) is 5.56. The second-order valence-corrected chi connectivity index (χ2v) is 3.66. The predicted octanol–water partition coefficient (Wildman–Crippen LogP) is -1.25. The van der Waals surface area contributed by atoms with Crippen molar-refractivity contribution in [1.29, 1.82) is 0 Å². The van der Waals surface area contributed by atoms with Crippen LogP contribution in [0.3, 0.4) is 0 Å². The number of quaternary nitrogens is 1. The zero-order valence-electron chi connectivity index (χ0n) is 9.63. The van der Waals surface area contributed by atoms with Crippen LogP contribution in [0.1, 0.15) is 25.7 Å². The van der Waals surface area contributed by atoms with Gasteiger partial charge in [0.1, 0.15) is 0 Å². The van der Waals surface area contributed by atoms with Crippen molar-refractivity contribution in [2.45, 2.75) is 25.7 Å². The first-order chi connectivity index (χ1) is 7.41. The molecule has 0 spiro atoms. The summed E-state index contributed by atoms with van der Waals surface area (Å²) in [5.41, 5.74) is 6.35. The minimum atomic E-state index is 0.674. The van der Waals surface area contributed by atoms with E-state index in [-0.39, 0.29) is 0 Å². The highest BCUT2D eigenvalue weighted by molar-refractivity contribution is 4.52. The average Bonchev–Trinajstić information content (AvgIpc) is 2.26. The smallest absolute Gasteiger partial charge is 0.0764 e. The topological polar surface area (TPSA) is 89.8 Å². The van der Waals surface area contributed by atoms with E-state index in [9.17, 15) is 5.21 Å². The molecule has 92 valence electrons. The Labute approximate surface area is 92.8 Å². The molecule has 0 amide bonds. The molecule has 0 aromatic rings. The molecule has 0 rings (SSSR count). The van der Waals surface area contributed by atoms with E-state index >= 15 is 0 Å². The Balaban J connectivity index is 2.81. The van der Waals surface area contributed by atoms with Crippen LogP contribution in [0.5, 0.6) is 0 Å². The van der Waals surface area contributed by atoms with Crippen LogP contribution in [-0.4, -0.2) is 39.3 Å². The minimum Gasteiger partial charge on any atom is -0.636 e. The lowest BCUT2D eigenvalue weighted by atomic mass is 10.3. The third-order valence-corrected chi connectivity index (χ3v) is 2.19. The first kappa shape index (κ1) is 14.8. The minimum absolute atomic E-state index is 0.674. The molecular formula is C10H26N4O. The van der Waals surface area contributed by atoms with Crippen LogP contribution >= 0.6 is 0 Å². The van der Waals surface area contributed by atoms with Crippen LogP contribution in [0.4, 0.5) is 0 Å². The fourth-order valence-electron chi connectivity index (χ4n) is 1.29. The van der Waals surface area contributed by atoms with E-state index in [4.69, 9.17) is 5.73 Å². The standard InChI is InChI=1S/C10H26N4O/c11-5-3-8-12-6-1-2-7-13-9-4-10-14-15/h12-13H,1-11,14H2. The van der Waals surface area contributed by atoms with Gasteiger partial charge in [-0.1, -0.05) is 0 Å². The van der Waals surface area contributed by atoms with Crippen molar-refractivity contribution in [1.82, 2.24) is 10.6 Å². The maximum atomic E-state index is 10.0. The maximum Gasteiger partial charge on any atom is 0.0764 e. The van der Waals surface area contributed by atoms with E-state index in [2.05, 4.69) is 10.6 Å². The van der Waals surface area contributed by atoms with Gasteiger partial charge in [0.05, 0.1) is 6.54 Å². The summed E-state index contributed by atoms with van der Waals surface area (Å²) in [6, 6.07) is 0. The van der Waals surface area contributed by atoms with Gasteiger partial charge in [0.2, 0.25) is 0 Å². The van der Waals surface area contributed by atoms with Crippen molar-refractivity contribution in [3.8, 4) is 0 Å². The molecule has 0 atom stereocenters. The molecule has 0 saturated carbocycles. The highest BCUT2D eigenvalue weighted by Gasteiger charge is 1.90. The summed E-state index contributed by atoms with van der Waals surface area (Å²) < 4.78 is 0. The Bertz CT molecular complexity index is 102. The normalized spacial score (nSPS) is 10.8. The fraction of sp³-hybridized carbons (Fsp3) is 1.00. The number of nitrogens with one attached hydrogen (secondary N) is 2. The molecule has 6 N–H and O–H groups in total. The molecule has 0 aliphatic carbocycles. The summed E-state index contributed by atoms with van der Waals surface area (Å²) in [6.07, 6.45) is 4.41. The predicted molar refractivity (Wildman–Crippen MR) is 63.4 cm³/mol. The molecule has 0 heterocycles. The van der Waals surface area contributed by atoms with Gasteiger partial charge >= 0.3 is 0 Å². The third-order valence-electron chi connectivity index (χ3n) is 2.19. The number of hydrogen-bond acceptors (Lipinski definition) is 4. The lowest BCUT2D eigenvalue weighted by Crippen LogP contribution is -2.77. The van der Waals surface area contributed by atoms with Gasteiger partial charge in [-0.25, -0.2) is 0 Å². The Morgan fingerprint density at radius 1 is 0.867 bits per heavy atom. The first-order valence-corrected chi connectivity index (χ1v) is 5.97. The van der Waals surface area contributed by atoms with E-state index in [1.165, 1.54) is 12.8 Å². The van der Waals surface area contributed by atoms with Gasteiger partial charge < -0.3 is 27.1 Å². The highest BCUT2D eigenvalue weighted by Crippen LogP contribution is 1.84. The van der Waals surface area contributed by atoms with E-state index in [0.29, 0.717) is 6.54 Å². The highest BCUT2D eigenvalue weighted by atomic mass is 16.5. The van der Waals surface area contributed by atoms with E-state index in [0.717, 1.165) is 51.0 Å². The van der Waals surface area contributed by atoms with Gasteiger partial charge in [-0.3, -0.25) is 0 Å². The molecule has 0 unspecified atom stereocenters. The van der Waals surface area contributed by atoms with Gasteiger partial charge in [-0.15, -0.1) is 0 Å². The average molecular weight is 218 g/mol. The molecular weight excluding hydrogens is 192 g/mol. The zero-order chi connectivity index (χ0) is 11.2. The van der Waals surface area contributed by atoms with Gasteiger partial charge in [0.15, 0.2) is 0 Å². The number of rotatable bonds is 12. The third kappa shape index (κ3) is 13.8. The van der Waals surface area contributed by atoms with Crippen LogP contribution in [0, 0.1) is 5.21 Å². The molecule has 0 saturated heterocycles. The molecule has 15 heavy (non-hydrogen) atoms. The Morgan fingerprint density at radius 3 is 1.93 bits per heavy atom. The number of nitrogens with two attached hydrogens (primary N) is 2. The molecule has 0 bridgehead atoms. The van der Waals surface area contributed by atoms with Gasteiger partial charge in [-0.05, 0) is 45.4 Å². The van der Waals surface area contributed by atoms with Crippen LogP contribution < -0.4 is 21.8 Å². The Morgan fingerprint density at radius 2 is 1.40 bits per heavy atom. The summed E-state index contributed by atoms with van der Waals surface area (Å²) in [7, 11) is 0. The Hall–Kier alpha value is -0.200. The SMILES string of the molecule is NCCCNCCCCNCCC[NH2+][O-]. The van der Waals surface area contributed by atoms with E-state index in [1.807, 2.05) is 0 Å². The molecule has 0 radical (unpaired) electrons. The molecule has 5 heteroatoms. The largest absolute Gasteiger partial charge is 0.636 e. The molecule has 0 aliphatic rings. The van der Waals surface area contributed by atoms with Crippen LogP contribution in [0.15, 0.2) is 0 Å². The lowest BCUT2D eigenvalue weighted by Gasteiger charge is -2.06. The van der Waals surface area contributed by atoms with E-state index in [1.54, 1.807) is 0 Å². The van der Waals surface area contributed by atoms with Crippen molar-refractivity contribution >= 4 is 0 Å². The monoisotopic (exact) mass is 218 g/mol. The van der Waals surface area contributed by atoms with Crippen LogP contribution in [0.2, 0.25) is 0 Å². The maximum absolute atomic E-state index is 10.0.